The number of carbonyl (C=O) groups excluding carboxylic acids is 6. The van der Waals surface area contributed by atoms with Gasteiger partial charge in [-0.25, -0.2) is 28.8 Å². The Bertz CT molecular complexity index is 1280. The van der Waals surface area contributed by atoms with E-state index in [2.05, 4.69) is 0 Å². The zero-order valence-electron chi connectivity index (χ0n) is 19.0. The lowest BCUT2D eigenvalue weighted by atomic mass is 10.1. The van der Waals surface area contributed by atoms with Crippen molar-refractivity contribution in [2.75, 3.05) is 0 Å². The molecule has 4 aliphatic rings. The summed E-state index contributed by atoms with van der Waals surface area (Å²) in [7, 11) is 0. The van der Waals surface area contributed by atoms with Gasteiger partial charge in [0.05, 0.1) is 33.4 Å². The molecule has 7 rings (SSSR count). The largest absolute Gasteiger partial charge is 1.20 e. The molecule has 4 bridgehead atoms. The van der Waals surface area contributed by atoms with Crippen LogP contribution < -0.4 is 0 Å². The SMILES string of the molecule is O=C([O][Al]1[O]C(=O)c2ccc(cc2)C(=O)[O]1)c1ccc(C(=O)[O][Al]2[O]C(=O)c3ccc(cc3)C(=O)[O]2)cc1. The van der Waals surface area contributed by atoms with Crippen LogP contribution in [-0.4, -0.2) is 66.1 Å². The molecule has 4 heterocycles. The van der Waals surface area contributed by atoms with E-state index in [9.17, 15) is 28.8 Å². The molecule has 12 nitrogen and oxygen atoms in total. The van der Waals surface area contributed by atoms with Crippen LogP contribution in [0.15, 0.2) is 72.8 Å². The first-order valence-corrected chi connectivity index (χ1v) is 13.7. The van der Waals surface area contributed by atoms with Gasteiger partial charge in [0.25, 0.3) is 0 Å². The van der Waals surface area contributed by atoms with E-state index < -0.39 is 66.1 Å². The fraction of sp³-hybridized carbons (Fsp3) is 0. The van der Waals surface area contributed by atoms with Crippen LogP contribution >= 0.6 is 0 Å². The lowest BCUT2D eigenvalue weighted by molar-refractivity contribution is 0.0380. The highest BCUT2D eigenvalue weighted by atomic mass is 27.3. The molecule has 0 unspecified atom stereocenters. The molecule has 0 saturated carbocycles. The average molecular weight is 546 g/mol. The molecule has 3 aromatic carbocycles. The molecule has 4 aliphatic heterocycles. The molecular weight excluding hydrogens is 534 g/mol. The number of fused-ring (bicyclic) bond motifs is 12. The minimum absolute atomic E-state index is 0.0559. The van der Waals surface area contributed by atoms with Crippen molar-refractivity contribution in [1.29, 1.82) is 0 Å². The molecule has 3 aromatic rings. The summed E-state index contributed by atoms with van der Waals surface area (Å²) >= 11 is -7.13. The summed E-state index contributed by atoms with van der Waals surface area (Å²) in [6.45, 7) is 0. The zero-order chi connectivity index (χ0) is 26.8. The van der Waals surface area contributed by atoms with Crippen LogP contribution in [0.4, 0.5) is 0 Å². The third-order valence-electron chi connectivity index (χ3n) is 5.29. The predicted molar refractivity (Wildman–Crippen MR) is 123 cm³/mol. The second-order valence-corrected chi connectivity index (χ2v) is 10.3. The Balaban J connectivity index is 1.23. The van der Waals surface area contributed by atoms with Gasteiger partial charge in [0.15, 0.2) is 0 Å². The monoisotopic (exact) mass is 546 g/mol. The third kappa shape index (κ3) is 5.44. The molecule has 0 fully saturated rings. The Hall–Kier alpha value is -4.46. The van der Waals surface area contributed by atoms with Crippen LogP contribution in [0, 0.1) is 0 Å². The van der Waals surface area contributed by atoms with Crippen LogP contribution in [0.2, 0.25) is 0 Å². The lowest BCUT2D eigenvalue weighted by Crippen LogP contribution is -2.34. The second-order valence-electron chi connectivity index (χ2n) is 7.74. The molecule has 0 aliphatic carbocycles. The summed E-state index contributed by atoms with van der Waals surface area (Å²) in [4.78, 5) is 73.9. The van der Waals surface area contributed by atoms with Gasteiger partial charge < -0.3 is 22.7 Å². The van der Waals surface area contributed by atoms with Crippen molar-refractivity contribution in [1.82, 2.24) is 0 Å². The van der Waals surface area contributed by atoms with Gasteiger partial charge >= 0.3 is 66.1 Å². The van der Waals surface area contributed by atoms with E-state index >= 15 is 0 Å². The fourth-order valence-electron chi connectivity index (χ4n) is 3.30. The Morgan fingerprint density at radius 3 is 0.921 bits per heavy atom. The van der Waals surface area contributed by atoms with Gasteiger partial charge in [0, 0.05) is 0 Å². The highest BCUT2D eigenvalue weighted by Gasteiger charge is 2.51. The number of carbonyl (C=O) groups is 6. The topological polar surface area (TPSA) is 158 Å². The number of hydrogen-bond acceptors (Lipinski definition) is 12. The molecule has 14 heteroatoms. The lowest BCUT2D eigenvalue weighted by Gasteiger charge is -2.13. The Kier molecular flexibility index (Phi) is 6.96. The molecule has 0 spiro atoms. The third-order valence-corrected chi connectivity index (χ3v) is 7.73. The molecule has 0 N–H and O–H groups in total. The number of rotatable bonds is 4. The molecule has 0 amide bonds. The van der Waals surface area contributed by atoms with Crippen LogP contribution in [0.5, 0.6) is 0 Å². The second kappa shape index (κ2) is 10.5. The molecule has 0 saturated heterocycles. The van der Waals surface area contributed by atoms with E-state index in [0.717, 1.165) is 0 Å². The summed E-state index contributed by atoms with van der Waals surface area (Å²) in [5.41, 5.74) is 0.502. The van der Waals surface area contributed by atoms with E-state index in [1.165, 1.54) is 72.8 Å². The molecular formula is C24H12Al2O12. The van der Waals surface area contributed by atoms with Gasteiger partial charge in [-0.3, -0.25) is 0 Å². The van der Waals surface area contributed by atoms with Crippen molar-refractivity contribution in [2.45, 2.75) is 0 Å². The van der Waals surface area contributed by atoms with Crippen molar-refractivity contribution in [2.24, 2.45) is 0 Å². The predicted octanol–water partition coefficient (Wildman–Crippen LogP) is 2.02. The maximum Gasteiger partial charge on any atom is 1.20 e. The highest BCUT2D eigenvalue weighted by Crippen LogP contribution is 2.17. The van der Waals surface area contributed by atoms with Gasteiger partial charge in [-0.15, -0.1) is 0 Å². The van der Waals surface area contributed by atoms with Crippen LogP contribution in [0.3, 0.4) is 0 Å². The van der Waals surface area contributed by atoms with Crippen molar-refractivity contribution < 1.29 is 51.5 Å². The zero-order valence-corrected chi connectivity index (χ0v) is 21.3. The summed E-state index contributed by atoms with van der Waals surface area (Å²) in [5.74, 6) is -5.21. The number of hydrogen-bond donors (Lipinski definition) is 0. The molecule has 38 heavy (non-hydrogen) atoms. The van der Waals surface area contributed by atoms with Crippen LogP contribution in [0.1, 0.15) is 62.1 Å². The maximum atomic E-state index is 12.6. The summed E-state index contributed by atoms with van der Waals surface area (Å²) in [6.07, 6.45) is 0. The number of benzene rings is 3. The van der Waals surface area contributed by atoms with E-state index in [1.807, 2.05) is 0 Å². The Morgan fingerprint density at radius 2 is 0.684 bits per heavy atom. The van der Waals surface area contributed by atoms with Crippen molar-refractivity contribution in [3.63, 3.8) is 0 Å². The minimum Gasteiger partial charge on any atom is -0.547 e. The normalized spacial score (nSPS) is 14.4. The van der Waals surface area contributed by atoms with Crippen molar-refractivity contribution in [3.05, 3.63) is 106 Å². The van der Waals surface area contributed by atoms with Gasteiger partial charge in [-0.05, 0) is 72.8 Å². The first kappa shape index (κ1) is 25.2. The smallest absolute Gasteiger partial charge is 0.547 e. The van der Waals surface area contributed by atoms with Crippen molar-refractivity contribution >= 4 is 66.1 Å². The van der Waals surface area contributed by atoms with Gasteiger partial charge in [-0.2, -0.15) is 0 Å². The minimum atomic E-state index is -3.56. The fourth-order valence-corrected chi connectivity index (χ4v) is 5.46. The standard InChI is InChI=1S/3C8H6O4.2Al/c3*9-7(10)5-1-2-6(4-3-5)8(11)12;;/h3*1-4H,(H,9,10)(H,11,12);;/q;;;2*+3/p-6. The van der Waals surface area contributed by atoms with E-state index in [-0.39, 0.29) is 33.4 Å². The summed E-state index contributed by atoms with van der Waals surface area (Å²) in [6, 6.07) is 15.9. The molecule has 0 radical (unpaired) electrons. The summed E-state index contributed by atoms with van der Waals surface area (Å²) < 4.78 is 30.6. The maximum absolute atomic E-state index is 12.6. The van der Waals surface area contributed by atoms with Crippen LogP contribution in [-0.2, 0) is 22.7 Å². The van der Waals surface area contributed by atoms with Gasteiger partial charge in [-0.1, -0.05) is 0 Å². The Morgan fingerprint density at radius 1 is 0.447 bits per heavy atom. The van der Waals surface area contributed by atoms with Crippen molar-refractivity contribution in [3.8, 4) is 0 Å². The molecule has 0 aromatic heterocycles. The van der Waals surface area contributed by atoms with Crippen LogP contribution in [0.25, 0.3) is 0 Å². The van der Waals surface area contributed by atoms with E-state index in [4.69, 9.17) is 22.7 Å². The van der Waals surface area contributed by atoms with Gasteiger partial charge in [0.1, 0.15) is 0 Å². The quantitative estimate of drug-likeness (QED) is 0.439. The average Bonchev–Trinajstić information content (AvgIpc) is 3.06. The first-order chi connectivity index (χ1) is 18.3. The molecule has 0 atom stereocenters. The van der Waals surface area contributed by atoms with Gasteiger partial charge in [0.2, 0.25) is 0 Å². The van der Waals surface area contributed by atoms with E-state index in [0.29, 0.717) is 0 Å². The highest BCUT2D eigenvalue weighted by molar-refractivity contribution is 6.46. The first-order valence-electron chi connectivity index (χ1n) is 10.8. The van der Waals surface area contributed by atoms with E-state index in [1.54, 1.807) is 0 Å². The molecule has 186 valence electrons. The Labute approximate surface area is 223 Å². The summed E-state index contributed by atoms with van der Waals surface area (Å²) in [5, 5.41) is 0.